The topological polar surface area (TPSA) is 139 Å². The number of hydrogen-bond acceptors (Lipinski definition) is 8. The van der Waals surface area contributed by atoms with Gasteiger partial charge < -0.3 is 10.0 Å². The lowest BCUT2D eigenvalue weighted by Crippen LogP contribution is -2.27. The van der Waals surface area contributed by atoms with E-state index in [9.17, 15) is 25.7 Å². The Hall–Kier alpha value is -3.82. The van der Waals surface area contributed by atoms with Crippen molar-refractivity contribution in [2.75, 3.05) is 24.6 Å². The molecule has 154 valence electrons. The van der Waals surface area contributed by atoms with Gasteiger partial charge in [-0.3, -0.25) is 10.1 Å². The van der Waals surface area contributed by atoms with Crippen LogP contribution in [0.3, 0.4) is 0 Å². The summed E-state index contributed by atoms with van der Waals surface area (Å²) in [5.74, 6) is 0. The van der Waals surface area contributed by atoms with Crippen molar-refractivity contribution in [2.45, 2.75) is 26.7 Å². The van der Waals surface area contributed by atoms with Gasteiger partial charge in [-0.25, -0.2) is 0 Å². The summed E-state index contributed by atoms with van der Waals surface area (Å²) in [6.45, 7) is 5.38. The van der Waals surface area contributed by atoms with Crippen molar-refractivity contribution in [3.05, 3.63) is 57.1 Å². The van der Waals surface area contributed by atoms with Crippen molar-refractivity contribution in [3.63, 3.8) is 0 Å². The molecule has 0 atom stereocenters. The molecule has 2 rings (SSSR count). The fourth-order valence-electron chi connectivity index (χ4n) is 2.89. The van der Waals surface area contributed by atoms with Gasteiger partial charge >= 0.3 is 0 Å². The van der Waals surface area contributed by atoms with Gasteiger partial charge in [0.1, 0.15) is 17.8 Å². The van der Waals surface area contributed by atoms with E-state index in [0.717, 1.165) is 42.8 Å². The quantitative estimate of drug-likeness (QED) is 0.365. The number of non-ortho nitro benzene ring substituents is 1. The SMILES string of the molecule is CCCCN(CCO)c1ccc(N=Nc2c(C#N)cc([N+](=O)[O-])cc2C#N)c(C)c1. The smallest absolute Gasteiger partial charge is 0.272 e. The third kappa shape index (κ3) is 5.37. The molecule has 1 N–H and O–H groups in total. The molecule has 2 aromatic rings. The maximum atomic E-state index is 11.0. The van der Waals surface area contributed by atoms with E-state index < -0.39 is 4.92 Å². The molecule has 0 unspecified atom stereocenters. The normalized spacial score (nSPS) is 10.6. The zero-order valence-corrected chi connectivity index (χ0v) is 16.9. The number of rotatable bonds is 9. The van der Waals surface area contributed by atoms with Crippen LogP contribution in [-0.2, 0) is 0 Å². The summed E-state index contributed by atoms with van der Waals surface area (Å²) in [7, 11) is 0. The zero-order chi connectivity index (χ0) is 22.1. The van der Waals surface area contributed by atoms with E-state index in [1.165, 1.54) is 0 Å². The molecule has 0 bridgehead atoms. The Morgan fingerprint density at radius 3 is 2.30 bits per heavy atom. The minimum Gasteiger partial charge on any atom is -0.395 e. The van der Waals surface area contributed by atoms with Crippen molar-refractivity contribution in [2.24, 2.45) is 10.2 Å². The number of nitriles is 2. The van der Waals surface area contributed by atoms with Crippen LogP contribution in [0.15, 0.2) is 40.6 Å². The van der Waals surface area contributed by atoms with Crippen LogP contribution < -0.4 is 4.90 Å². The van der Waals surface area contributed by atoms with Crippen LogP contribution >= 0.6 is 0 Å². The minimum absolute atomic E-state index is 0.000991. The third-order valence-corrected chi connectivity index (χ3v) is 4.50. The number of azo groups is 1. The number of benzene rings is 2. The highest BCUT2D eigenvalue weighted by Crippen LogP contribution is 2.32. The second-order valence-corrected chi connectivity index (χ2v) is 6.61. The predicted octanol–water partition coefficient (Wildman–Crippen LogP) is 4.66. The molecule has 0 spiro atoms. The molecule has 0 saturated carbocycles. The van der Waals surface area contributed by atoms with Gasteiger partial charge in [0.05, 0.1) is 28.3 Å². The average molecular weight is 406 g/mol. The van der Waals surface area contributed by atoms with E-state index in [4.69, 9.17) is 0 Å². The van der Waals surface area contributed by atoms with Gasteiger partial charge in [0.2, 0.25) is 0 Å². The van der Waals surface area contributed by atoms with E-state index in [0.29, 0.717) is 12.2 Å². The van der Waals surface area contributed by atoms with Gasteiger partial charge in [-0.05, 0) is 37.1 Å². The maximum Gasteiger partial charge on any atom is 0.272 e. The fourth-order valence-corrected chi connectivity index (χ4v) is 2.89. The number of unbranched alkanes of at least 4 members (excludes halogenated alkanes) is 1. The molecule has 0 aliphatic carbocycles. The highest BCUT2D eigenvalue weighted by atomic mass is 16.6. The molecule has 2 aromatic carbocycles. The van der Waals surface area contributed by atoms with E-state index in [1.807, 2.05) is 31.2 Å². The Morgan fingerprint density at radius 2 is 1.80 bits per heavy atom. The van der Waals surface area contributed by atoms with Crippen molar-refractivity contribution in [1.82, 2.24) is 0 Å². The van der Waals surface area contributed by atoms with Gasteiger partial charge in [0.15, 0.2) is 0 Å². The summed E-state index contributed by atoms with van der Waals surface area (Å²) in [5.41, 5.74) is 1.80. The highest BCUT2D eigenvalue weighted by Gasteiger charge is 2.17. The lowest BCUT2D eigenvalue weighted by molar-refractivity contribution is -0.384. The number of anilines is 1. The van der Waals surface area contributed by atoms with Gasteiger partial charge in [0.25, 0.3) is 5.69 Å². The monoisotopic (exact) mass is 406 g/mol. The lowest BCUT2D eigenvalue weighted by Gasteiger charge is -2.24. The number of nitro groups is 1. The van der Waals surface area contributed by atoms with Gasteiger partial charge in [0, 0.05) is 30.9 Å². The number of aliphatic hydroxyl groups is 1. The third-order valence-electron chi connectivity index (χ3n) is 4.50. The molecule has 0 aliphatic heterocycles. The minimum atomic E-state index is -0.665. The number of nitro benzene ring substituents is 1. The van der Waals surface area contributed by atoms with Crippen LogP contribution in [0.2, 0.25) is 0 Å². The van der Waals surface area contributed by atoms with Crippen LogP contribution in [-0.4, -0.2) is 29.7 Å². The summed E-state index contributed by atoms with van der Waals surface area (Å²) < 4.78 is 0. The van der Waals surface area contributed by atoms with Crippen LogP contribution in [0.4, 0.5) is 22.7 Å². The number of hydrogen-bond donors (Lipinski definition) is 1. The van der Waals surface area contributed by atoms with Crippen LogP contribution in [0.1, 0.15) is 36.5 Å². The van der Waals surface area contributed by atoms with Crippen molar-refractivity contribution in [1.29, 1.82) is 10.5 Å². The summed E-state index contributed by atoms with van der Waals surface area (Å²) in [5, 5.41) is 47.1. The Balaban J connectivity index is 2.38. The van der Waals surface area contributed by atoms with E-state index in [1.54, 1.807) is 6.07 Å². The molecular weight excluding hydrogens is 384 g/mol. The summed E-state index contributed by atoms with van der Waals surface area (Å²) in [4.78, 5) is 12.4. The van der Waals surface area contributed by atoms with Crippen LogP contribution in [0.5, 0.6) is 0 Å². The molecule has 30 heavy (non-hydrogen) atoms. The van der Waals surface area contributed by atoms with E-state index >= 15 is 0 Å². The molecule has 0 aliphatic rings. The Morgan fingerprint density at radius 1 is 1.13 bits per heavy atom. The molecule has 0 saturated heterocycles. The Labute approximate surface area is 174 Å². The van der Waals surface area contributed by atoms with Crippen molar-refractivity contribution >= 4 is 22.7 Å². The molecule has 9 nitrogen and oxygen atoms in total. The molecule has 0 aromatic heterocycles. The summed E-state index contributed by atoms with van der Waals surface area (Å²) in [6, 6.07) is 11.4. The predicted molar refractivity (Wildman–Crippen MR) is 112 cm³/mol. The first-order valence-corrected chi connectivity index (χ1v) is 9.46. The average Bonchev–Trinajstić information content (AvgIpc) is 2.75. The largest absolute Gasteiger partial charge is 0.395 e. The molecular formula is C21H22N6O3. The van der Waals surface area contributed by atoms with Gasteiger partial charge in [-0.2, -0.15) is 15.6 Å². The number of aliphatic hydroxyl groups excluding tert-OH is 1. The van der Waals surface area contributed by atoms with Crippen LogP contribution in [0.25, 0.3) is 0 Å². The maximum absolute atomic E-state index is 11.0. The second-order valence-electron chi connectivity index (χ2n) is 6.61. The molecule has 0 fully saturated rings. The second kappa shape index (κ2) is 10.6. The summed E-state index contributed by atoms with van der Waals surface area (Å²) in [6.07, 6.45) is 2.05. The first-order chi connectivity index (χ1) is 14.4. The van der Waals surface area contributed by atoms with Gasteiger partial charge in [-0.1, -0.05) is 13.3 Å². The highest BCUT2D eigenvalue weighted by molar-refractivity contribution is 5.67. The molecule has 0 amide bonds. The fraction of sp³-hybridized carbons (Fsp3) is 0.333. The van der Waals surface area contributed by atoms with Crippen molar-refractivity contribution in [3.8, 4) is 12.1 Å². The molecule has 0 radical (unpaired) electrons. The number of nitrogens with zero attached hydrogens (tertiary/aromatic N) is 6. The molecule has 9 heteroatoms. The number of aryl methyl sites for hydroxylation is 1. The first kappa shape index (κ1) is 22.5. The first-order valence-electron chi connectivity index (χ1n) is 9.46. The zero-order valence-electron chi connectivity index (χ0n) is 16.9. The molecule has 0 heterocycles. The summed E-state index contributed by atoms with van der Waals surface area (Å²) >= 11 is 0. The Kier molecular flexibility index (Phi) is 7.98. The van der Waals surface area contributed by atoms with E-state index in [2.05, 4.69) is 22.1 Å². The van der Waals surface area contributed by atoms with Gasteiger partial charge in [-0.15, -0.1) is 5.11 Å². The standard InChI is InChI=1S/C21H22N6O3/c1-3-4-7-26(8-9-28)18-5-6-20(15(2)10-18)24-25-21-16(13-22)11-19(27(29)30)12-17(21)14-23/h5-6,10-12,28H,3-4,7-9H2,1-2H3. The van der Waals surface area contributed by atoms with Crippen molar-refractivity contribution < 1.29 is 10.0 Å². The lowest BCUT2D eigenvalue weighted by atomic mass is 10.1. The van der Waals surface area contributed by atoms with Crippen LogP contribution in [0, 0.1) is 39.7 Å². The Bertz CT molecular complexity index is 1000. The van der Waals surface area contributed by atoms with E-state index in [-0.39, 0.29) is 29.1 Å².